The number of amides is 1. The molecule has 1 amide bonds. The van der Waals surface area contributed by atoms with Gasteiger partial charge in [0.25, 0.3) is 0 Å². The van der Waals surface area contributed by atoms with Crippen LogP contribution in [0.3, 0.4) is 0 Å². The summed E-state index contributed by atoms with van der Waals surface area (Å²) in [6.07, 6.45) is 5.28. The van der Waals surface area contributed by atoms with E-state index in [0.29, 0.717) is 18.4 Å². The van der Waals surface area contributed by atoms with E-state index in [1.165, 1.54) is 12.1 Å². The Morgan fingerprint density at radius 2 is 1.91 bits per heavy atom. The van der Waals surface area contributed by atoms with E-state index in [0.717, 1.165) is 25.7 Å². The van der Waals surface area contributed by atoms with Crippen LogP contribution in [-0.4, -0.2) is 23.0 Å². The van der Waals surface area contributed by atoms with Crippen molar-refractivity contribution in [1.82, 2.24) is 5.32 Å². The topological polar surface area (TPSA) is 66.4 Å². The Kier molecular flexibility index (Phi) is 5.92. The van der Waals surface area contributed by atoms with Crippen LogP contribution in [0.25, 0.3) is 0 Å². The minimum absolute atomic E-state index is 0.0700. The molecule has 1 aliphatic rings. The maximum Gasteiger partial charge on any atom is 0.308 e. The number of carboxylic acids is 1. The van der Waals surface area contributed by atoms with Crippen LogP contribution in [0.5, 0.6) is 0 Å². The second-order valence-electron chi connectivity index (χ2n) is 5.92. The lowest BCUT2D eigenvalue weighted by molar-refractivity contribution is -0.143. The summed E-state index contributed by atoms with van der Waals surface area (Å²) in [5.41, 5.74) is 0.593. The molecule has 1 fully saturated rings. The van der Waals surface area contributed by atoms with Crippen molar-refractivity contribution >= 4 is 11.9 Å². The van der Waals surface area contributed by atoms with Crippen LogP contribution >= 0.6 is 0 Å². The summed E-state index contributed by atoms with van der Waals surface area (Å²) in [6.45, 7) is 0. The van der Waals surface area contributed by atoms with Crippen LogP contribution in [0.1, 0.15) is 44.1 Å². The molecular weight excluding hydrogens is 285 g/mol. The third-order valence-electron chi connectivity index (χ3n) is 4.18. The zero-order chi connectivity index (χ0) is 15.9. The van der Waals surface area contributed by atoms with Crippen LogP contribution in [-0.2, 0) is 16.0 Å². The maximum atomic E-state index is 13.1. The normalized spacial score (nSPS) is 22.4. The summed E-state index contributed by atoms with van der Waals surface area (Å²) in [7, 11) is 0. The molecule has 1 saturated carbocycles. The van der Waals surface area contributed by atoms with Crippen molar-refractivity contribution in [1.29, 1.82) is 0 Å². The SMILES string of the molecule is O=C(Cc1cccc(F)c1)NC1CCCCCCC1C(=O)O. The molecule has 1 aromatic carbocycles. The van der Waals surface area contributed by atoms with Gasteiger partial charge in [-0.15, -0.1) is 0 Å². The lowest BCUT2D eigenvalue weighted by atomic mass is 9.86. The van der Waals surface area contributed by atoms with Gasteiger partial charge in [-0.25, -0.2) is 4.39 Å². The molecule has 0 heterocycles. The first-order valence-corrected chi connectivity index (χ1v) is 7.83. The molecule has 2 unspecified atom stereocenters. The van der Waals surface area contributed by atoms with Crippen LogP contribution in [0.2, 0.25) is 0 Å². The van der Waals surface area contributed by atoms with Gasteiger partial charge >= 0.3 is 5.97 Å². The fourth-order valence-electron chi connectivity index (χ4n) is 3.04. The molecule has 0 aliphatic heterocycles. The molecule has 2 rings (SSSR count). The van der Waals surface area contributed by atoms with E-state index in [4.69, 9.17) is 0 Å². The van der Waals surface area contributed by atoms with Crippen LogP contribution in [0.15, 0.2) is 24.3 Å². The molecule has 0 spiro atoms. The van der Waals surface area contributed by atoms with Gasteiger partial charge < -0.3 is 10.4 Å². The van der Waals surface area contributed by atoms with Crippen LogP contribution in [0.4, 0.5) is 4.39 Å². The highest BCUT2D eigenvalue weighted by atomic mass is 19.1. The van der Waals surface area contributed by atoms with Crippen molar-refractivity contribution in [3.05, 3.63) is 35.6 Å². The van der Waals surface area contributed by atoms with Crippen molar-refractivity contribution < 1.29 is 19.1 Å². The second kappa shape index (κ2) is 7.92. The first kappa shape index (κ1) is 16.5. The molecule has 1 aromatic rings. The minimum Gasteiger partial charge on any atom is -0.481 e. The predicted octanol–water partition coefficient (Wildman–Crippen LogP) is 2.91. The molecule has 1 aliphatic carbocycles. The zero-order valence-electron chi connectivity index (χ0n) is 12.6. The summed E-state index contributed by atoms with van der Waals surface area (Å²) in [4.78, 5) is 23.5. The molecule has 2 atom stereocenters. The van der Waals surface area contributed by atoms with Gasteiger partial charge in [-0.05, 0) is 30.5 Å². The molecule has 0 radical (unpaired) electrons. The van der Waals surface area contributed by atoms with Crippen LogP contribution < -0.4 is 5.32 Å². The van der Waals surface area contributed by atoms with Crippen LogP contribution in [0, 0.1) is 11.7 Å². The van der Waals surface area contributed by atoms with E-state index in [-0.39, 0.29) is 24.2 Å². The maximum absolute atomic E-state index is 13.1. The largest absolute Gasteiger partial charge is 0.481 e. The Balaban J connectivity index is 1.98. The second-order valence-corrected chi connectivity index (χ2v) is 5.92. The highest BCUT2D eigenvalue weighted by Gasteiger charge is 2.29. The molecule has 22 heavy (non-hydrogen) atoms. The number of carboxylic acid groups (broad SMARTS) is 1. The molecule has 0 bridgehead atoms. The number of benzene rings is 1. The number of carbonyl (C=O) groups is 2. The van der Waals surface area contributed by atoms with E-state index in [1.54, 1.807) is 12.1 Å². The minimum atomic E-state index is -0.849. The van der Waals surface area contributed by atoms with Crippen molar-refractivity contribution in [2.75, 3.05) is 0 Å². The highest BCUT2D eigenvalue weighted by molar-refractivity contribution is 5.80. The van der Waals surface area contributed by atoms with E-state index in [2.05, 4.69) is 5.32 Å². The average Bonchev–Trinajstić information content (AvgIpc) is 2.41. The van der Waals surface area contributed by atoms with Gasteiger partial charge in [0.2, 0.25) is 5.91 Å². The Bertz CT molecular complexity index is 532. The van der Waals surface area contributed by atoms with Gasteiger partial charge in [0.15, 0.2) is 0 Å². The van der Waals surface area contributed by atoms with Crippen molar-refractivity contribution in [2.24, 2.45) is 5.92 Å². The summed E-state index contributed by atoms with van der Waals surface area (Å²) in [6, 6.07) is 5.57. The monoisotopic (exact) mass is 307 g/mol. The summed E-state index contributed by atoms with van der Waals surface area (Å²) in [5, 5.41) is 12.2. The quantitative estimate of drug-likeness (QED) is 0.899. The van der Waals surface area contributed by atoms with E-state index in [9.17, 15) is 19.1 Å². The molecular formula is C17H22FNO3. The molecule has 5 heteroatoms. The number of carbonyl (C=O) groups excluding carboxylic acids is 1. The number of halogens is 1. The highest BCUT2D eigenvalue weighted by Crippen LogP contribution is 2.23. The van der Waals surface area contributed by atoms with Crippen molar-refractivity contribution in [3.8, 4) is 0 Å². The number of nitrogens with one attached hydrogen (secondary N) is 1. The Morgan fingerprint density at radius 1 is 1.18 bits per heavy atom. The fraction of sp³-hybridized carbons (Fsp3) is 0.529. The van der Waals surface area contributed by atoms with E-state index >= 15 is 0 Å². The number of hydrogen-bond donors (Lipinski definition) is 2. The smallest absolute Gasteiger partial charge is 0.308 e. The predicted molar refractivity (Wildman–Crippen MR) is 80.9 cm³/mol. The summed E-state index contributed by atoms with van der Waals surface area (Å²) < 4.78 is 13.1. The van der Waals surface area contributed by atoms with Gasteiger partial charge in [0.1, 0.15) is 5.82 Å². The third kappa shape index (κ3) is 4.83. The van der Waals surface area contributed by atoms with Gasteiger partial charge in [-0.3, -0.25) is 9.59 Å². The first-order valence-electron chi connectivity index (χ1n) is 7.83. The number of aliphatic carboxylic acids is 1. The Morgan fingerprint density at radius 3 is 2.59 bits per heavy atom. The Labute approximate surface area is 129 Å². The van der Waals surface area contributed by atoms with E-state index in [1.807, 2.05) is 0 Å². The number of rotatable bonds is 4. The number of hydrogen-bond acceptors (Lipinski definition) is 2. The molecule has 2 N–H and O–H groups in total. The van der Waals surface area contributed by atoms with Crippen molar-refractivity contribution in [2.45, 2.75) is 51.0 Å². The van der Waals surface area contributed by atoms with Crippen molar-refractivity contribution in [3.63, 3.8) is 0 Å². The molecule has 0 aromatic heterocycles. The lowest BCUT2D eigenvalue weighted by Crippen LogP contribution is -2.44. The van der Waals surface area contributed by atoms with Gasteiger partial charge in [0, 0.05) is 6.04 Å². The summed E-state index contributed by atoms with van der Waals surface area (Å²) >= 11 is 0. The van der Waals surface area contributed by atoms with E-state index < -0.39 is 11.9 Å². The van der Waals surface area contributed by atoms with Gasteiger partial charge in [0.05, 0.1) is 12.3 Å². The first-order chi connectivity index (χ1) is 10.6. The zero-order valence-corrected chi connectivity index (χ0v) is 12.6. The standard InChI is InChI=1S/C17H22FNO3/c18-13-7-5-6-12(10-13)11-16(20)19-15-9-4-2-1-3-8-14(15)17(21)22/h5-7,10,14-15H,1-4,8-9,11H2,(H,19,20)(H,21,22). The Hall–Kier alpha value is -1.91. The van der Waals surface area contributed by atoms with Gasteiger partial charge in [-0.2, -0.15) is 0 Å². The molecule has 4 nitrogen and oxygen atoms in total. The molecule has 0 saturated heterocycles. The fourth-order valence-corrected chi connectivity index (χ4v) is 3.04. The third-order valence-corrected chi connectivity index (χ3v) is 4.18. The lowest BCUT2D eigenvalue weighted by Gasteiger charge is -2.27. The average molecular weight is 307 g/mol. The molecule has 120 valence electrons. The van der Waals surface area contributed by atoms with Gasteiger partial charge in [-0.1, -0.05) is 37.8 Å². The summed E-state index contributed by atoms with van der Waals surface area (Å²) in [5.74, 6) is -2.00.